The Morgan fingerprint density at radius 1 is 1.05 bits per heavy atom. The predicted octanol–water partition coefficient (Wildman–Crippen LogP) is 5.60. The zero-order valence-corrected chi connectivity index (χ0v) is 23.3. The van der Waals surface area contributed by atoms with Crippen molar-refractivity contribution < 1.29 is 4.79 Å². The number of ketones is 1. The molecule has 5 aromatic rings. The summed E-state index contributed by atoms with van der Waals surface area (Å²) in [6, 6.07) is 17.5. The van der Waals surface area contributed by atoms with Crippen molar-refractivity contribution in [3.8, 4) is 28.3 Å². The Bertz CT molecular complexity index is 1680. The molecule has 40 heavy (non-hydrogen) atoms. The van der Waals surface area contributed by atoms with Crippen molar-refractivity contribution >= 4 is 5.78 Å². The number of rotatable bonds is 10. The molecule has 9 nitrogen and oxygen atoms in total. The van der Waals surface area contributed by atoms with E-state index in [1.54, 1.807) is 23.8 Å². The van der Waals surface area contributed by atoms with Crippen LogP contribution >= 0.6 is 0 Å². The largest absolute Gasteiger partial charge is 0.333 e. The van der Waals surface area contributed by atoms with Crippen LogP contribution in [-0.2, 0) is 13.0 Å². The van der Waals surface area contributed by atoms with Gasteiger partial charge in [0.25, 0.3) is 0 Å². The molecule has 0 bridgehead atoms. The Labute approximate surface area is 232 Å². The fourth-order valence-electron chi connectivity index (χ4n) is 5.04. The van der Waals surface area contributed by atoms with Gasteiger partial charge in [-0.15, -0.1) is 5.10 Å². The summed E-state index contributed by atoms with van der Waals surface area (Å²) in [5, 5.41) is 14.2. The molecular formula is C31H33N7O2. The summed E-state index contributed by atoms with van der Waals surface area (Å²) in [6.07, 6.45) is 6.42. The molecule has 0 aliphatic heterocycles. The monoisotopic (exact) mass is 535 g/mol. The van der Waals surface area contributed by atoms with E-state index in [4.69, 9.17) is 0 Å². The smallest absolute Gasteiger partial charge is 0.294 e. The maximum atomic E-state index is 14.0. The van der Waals surface area contributed by atoms with Gasteiger partial charge in [0.1, 0.15) is 0 Å². The molecule has 0 radical (unpaired) electrons. The van der Waals surface area contributed by atoms with Crippen LogP contribution in [0.25, 0.3) is 28.3 Å². The van der Waals surface area contributed by atoms with Gasteiger partial charge in [0.2, 0.25) is 0 Å². The molecule has 0 aliphatic rings. The van der Waals surface area contributed by atoms with Gasteiger partial charge < -0.3 is 0 Å². The number of carbonyl (C=O) groups is 1. The quantitative estimate of drug-likeness (QED) is 0.233. The van der Waals surface area contributed by atoms with E-state index in [1.807, 2.05) is 59.3 Å². The van der Waals surface area contributed by atoms with Gasteiger partial charge in [0.05, 0.1) is 17.9 Å². The summed E-state index contributed by atoms with van der Waals surface area (Å²) in [5.74, 6) is 0.644. The van der Waals surface area contributed by atoms with Gasteiger partial charge in [-0.1, -0.05) is 63.6 Å². The van der Waals surface area contributed by atoms with Gasteiger partial charge in [0, 0.05) is 34.8 Å². The molecule has 2 aromatic carbocycles. The van der Waals surface area contributed by atoms with E-state index >= 15 is 0 Å². The molecule has 0 atom stereocenters. The topological polar surface area (TPSA) is 111 Å². The summed E-state index contributed by atoms with van der Waals surface area (Å²) >= 11 is 0. The van der Waals surface area contributed by atoms with Crippen LogP contribution < -0.4 is 5.69 Å². The lowest BCUT2D eigenvalue weighted by atomic mass is 9.96. The highest BCUT2D eigenvalue weighted by atomic mass is 16.2. The SMILES string of the molecule is CCCCc1cn(-c2c(C(C)=O)cccc2C(C)C)c(=O)n1Cc1ccc(-c2ncccc2-c2nnn[nH]2)cc1. The van der Waals surface area contributed by atoms with Gasteiger partial charge >= 0.3 is 5.69 Å². The Morgan fingerprint density at radius 2 is 1.85 bits per heavy atom. The summed E-state index contributed by atoms with van der Waals surface area (Å²) in [6.45, 7) is 8.27. The van der Waals surface area contributed by atoms with Gasteiger partial charge in [-0.05, 0) is 65.4 Å². The van der Waals surface area contributed by atoms with Crippen molar-refractivity contribution in [2.75, 3.05) is 0 Å². The van der Waals surface area contributed by atoms with E-state index in [0.717, 1.165) is 52.9 Å². The number of para-hydroxylation sites is 1. The number of benzene rings is 2. The summed E-state index contributed by atoms with van der Waals surface area (Å²) in [4.78, 5) is 31.1. The van der Waals surface area contributed by atoms with Crippen LogP contribution in [0.2, 0.25) is 0 Å². The number of aromatic amines is 1. The molecule has 1 N–H and O–H groups in total. The third-order valence-electron chi connectivity index (χ3n) is 7.13. The van der Waals surface area contributed by atoms with E-state index in [9.17, 15) is 9.59 Å². The number of carbonyl (C=O) groups excluding carboxylic acids is 1. The fraction of sp³-hybridized carbons (Fsp3) is 0.290. The molecule has 3 heterocycles. The van der Waals surface area contributed by atoms with Crippen molar-refractivity contribution in [1.82, 2.24) is 34.7 Å². The Morgan fingerprint density at radius 3 is 2.52 bits per heavy atom. The maximum absolute atomic E-state index is 14.0. The molecule has 9 heteroatoms. The van der Waals surface area contributed by atoms with E-state index in [1.165, 1.54) is 0 Å². The van der Waals surface area contributed by atoms with Crippen LogP contribution in [0, 0.1) is 0 Å². The van der Waals surface area contributed by atoms with Crippen molar-refractivity contribution in [2.24, 2.45) is 0 Å². The molecule has 0 fully saturated rings. The number of aromatic nitrogens is 7. The lowest BCUT2D eigenvalue weighted by Gasteiger charge is -2.16. The van der Waals surface area contributed by atoms with Crippen LogP contribution in [0.1, 0.15) is 73.6 Å². The lowest BCUT2D eigenvalue weighted by molar-refractivity contribution is 0.101. The van der Waals surface area contributed by atoms with Crippen LogP contribution in [-0.4, -0.2) is 40.5 Å². The second-order valence-corrected chi connectivity index (χ2v) is 10.3. The van der Waals surface area contributed by atoms with E-state index in [2.05, 4.69) is 46.4 Å². The summed E-state index contributed by atoms with van der Waals surface area (Å²) in [5.41, 5.74) is 6.52. The Balaban J connectivity index is 1.54. The standard InChI is InChI=1S/C31H33N7O2/c1-5-6-9-24-19-38(29-25(20(2)3)10-7-11-26(29)21(4)39)31(40)37(24)18-22-13-15-23(16-14-22)28-27(12-8-17-32-28)30-33-35-36-34-30/h7-8,10-17,19-20H,5-6,9,18H2,1-4H3,(H,33,34,35,36). The van der Waals surface area contributed by atoms with Gasteiger partial charge in [-0.25, -0.2) is 9.89 Å². The number of hydrogen-bond acceptors (Lipinski definition) is 6. The number of pyridine rings is 1. The van der Waals surface area contributed by atoms with Crippen molar-refractivity contribution in [1.29, 1.82) is 0 Å². The van der Waals surface area contributed by atoms with E-state index in [0.29, 0.717) is 23.6 Å². The zero-order valence-electron chi connectivity index (χ0n) is 23.3. The second kappa shape index (κ2) is 11.6. The van der Waals surface area contributed by atoms with Gasteiger partial charge in [0.15, 0.2) is 11.6 Å². The minimum absolute atomic E-state index is 0.0575. The zero-order chi connectivity index (χ0) is 28.2. The molecule has 0 saturated carbocycles. The first-order valence-corrected chi connectivity index (χ1v) is 13.6. The van der Waals surface area contributed by atoms with E-state index in [-0.39, 0.29) is 17.4 Å². The Hall–Kier alpha value is -4.66. The first kappa shape index (κ1) is 26.9. The summed E-state index contributed by atoms with van der Waals surface area (Å²) in [7, 11) is 0. The number of nitrogens with zero attached hydrogens (tertiary/aromatic N) is 6. The molecule has 0 saturated heterocycles. The first-order chi connectivity index (χ1) is 19.4. The highest BCUT2D eigenvalue weighted by Crippen LogP contribution is 2.29. The maximum Gasteiger partial charge on any atom is 0.333 e. The predicted molar refractivity (Wildman–Crippen MR) is 155 cm³/mol. The molecule has 0 amide bonds. The second-order valence-electron chi connectivity index (χ2n) is 10.3. The number of tetrazole rings is 1. The number of aryl methyl sites for hydroxylation is 1. The van der Waals surface area contributed by atoms with Gasteiger partial charge in [-0.3, -0.25) is 18.9 Å². The average Bonchev–Trinajstić information content (AvgIpc) is 3.61. The minimum atomic E-state index is -0.143. The molecule has 0 aliphatic carbocycles. The number of Topliss-reactive ketones (excluding diaryl/α,β-unsaturated/α-hetero) is 1. The van der Waals surface area contributed by atoms with Crippen molar-refractivity contribution in [3.63, 3.8) is 0 Å². The molecule has 0 spiro atoms. The molecule has 204 valence electrons. The number of imidazole rings is 1. The summed E-state index contributed by atoms with van der Waals surface area (Å²) < 4.78 is 3.51. The highest BCUT2D eigenvalue weighted by molar-refractivity contribution is 5.98. The minimum Gasteiger partial charge on any atom is -0.294 e. The lowest BCUT2D eigenvalue weighted by Crippen LogP contribution is -2.26. The number of H-pyrrole nitrogens is 1. The van der Waals surface area contributed by atoms with Crippen molar-refractivity contribution in [3.05, 3.63) is 99.9 Å². The molecule has 0 unspecified atom stereocenters. The van der Waals surface area contributed by atoms with Crippen molar-refractivity contribution in [2.45, 2.75) is 59.4 Å². The van der Waals surface area contributed by atoms with Gasteiger partial charge in [-0.2, -0.15) is 0 Å². The highest BCUT2D eigenvalue weighted by Gasteiger charge is 2.21. The van der Waals surface area contributed by atoms with Crippen LogP contribution in [0.3, 0.4) is 0 Å². The Kier molecular flexibility index (Phi) is 7.82. The number of nitrogens with one attached hydrogen (secondary N) is 1. The average molecular weight is 536 g/mol. The first-order valence-electron chi connectivity index (χ1n) is 13.6. The van der Waals surface area contributed by atoms with Crippen LogP contribution in [0.4, 0.5) is 0 Å². The normalized spacial score (nSPS) is 11.3. The third kappa shape index (κ3) is 5.27. The molecule has 3 aromatic heterocycles. The number of hydrogen-bond donors (Lipinski definition) is 1. The number of unbranched alkanes of at least 4 members (excludes halogenated alkanes) is 1. The fourth-order valence-corrected chi connectivity index (χ4v) is 5.04. The third-order valence-corrected chi connectivity index (χ3v) is 7.13. The van der Waals surface area contributed by atoms with E-state index < -0.39 is 0 Å². The van der Waals surface area contributed by atoms with Crippen LogP contribution in [0.5, 0.6) is 0 Å². The molecule has 5 rings (SSSR count). The molecular weight excluding hydrogens is 502 g/mol. The van der Waals surface area contributed by atoms with Crippen LogP contribution in [0.15, 0.2) is 71.8 Å².